The highest BCUT2D eigenvalue weighted by Gasteiger charge is 2.13. The van der Waals surface area contributed by atoms with Gasteiger partial charge in [0.05, 0.1) is 0 Å². The van der Waals surface area contributed by atoms with Crippen molar-refractivity contribution in [1.82, 2.24) is 0 Å². The molecule has 0 heterocycles. The van der Waals surface area contributed by atoms with Crippen LogP contribution in [0, 0.1) is 0 Å². The van der Waals surface area contributed by atoms with Gasteiger partial charge >= 0.3 is 0 Å². The zero-order valence-corrected chi connectivity index (χ0v) is 10.6. The number of carbonyl (C=O) groups is 1. The molecule has 0 aromatic heterocycles. The van der Waals surface area contributed by atoms with Gasteiger partial charge in [-0.25, -0.2) is 0 Å². The Balaban J connectivity index is 2.36. The number of ketones is 1. The second kappa shape index (κ2) is 4.48. The molecule has 0 N–H and O–H groups in total. The van der Waals surface area contributed by atoms with Crippen molar-refractivity contribution in [2.45, 2.75) is 39.0 Å². The number of rotatable bonds is 2. The molecule has 1 aromatic carbocycles. The summed E-state index contributed by atoms with van der Waals surface area (Å²) >= 11 is 3.61. The average Bonchev–Trinajstić information content (AvgIpc) is 2.16. The molecule has 0 unspecified atom stereocenters. The van der Waals surface area contributed by atoms with Crippen LogP contribution in [0.1, 0.15) is 36.5 Å². The van der Waals surface area contributed by atoms with Crippen molar-refractivity contribution in [2.24, 2.45) is 0 Å². The van der Waals surface area contributed by atoms with Crippen LogP contribution in [0.2, 0.25) is 0 Å². The molecule has 2 heteroatoms. The Morgan fingerprint density at radius 2 is 2.07 bits per heavy atom. The van der Waals surface area contributed by atoms with E-state index in [1.54, 1.807) is 6.92 Å². The highest BCUT2D eigenvalue weighted by molar-refractivity contribution is 9.10. The smallest absolute Gasteiger partial charge is 0.134 e. The van der Waals surface area contributed by atoms with Crippen molar-refractivity contribution in [3.8, 4) is 0 Å². The number of benzene rings is 1. The summed E-state index contributed by atoms with van der Waals surface area (Å²) in [7, 11) is 0. The molecule has 0 atom stereocenters. The Morgan fingerprint density at radius 3 is 2.80 bits per heavy atom. The monoisotopic (exact) mass is 266 g/mol. The summed E-state index contributed by atoms with van der Waals surface area (Å²) in [6.45, 7) is 1.65. The fraction of sp³-hybridized carbons (Fsp3) is 0.462. The normalized spacial score (nSPS) is 14.8. The van der Waals surface area contributed by atoms with E-state index in [4.69, 9.17) is 0 Å². The number of carbonyl (C=O) groups excluding carboxylic acids is 1. The number of fused-ring (bicyclic) bond motifs is 1. The van der Waals surface area contributed by atoms with Crippen LogP contribution in [-0.4, -0.2) is 5.78 Å². The van der Waals surface area contributed by atoms with Crippen molar-refractivity contribution >= 4 is 21.7 Å². The van der Waals surface area contributed by atoms with Gasteiger partial charge in [0.25, 0.3) is 0 Å². The molecule has 1 aromatic rings. The molecule has 0 bridgehead atoms. The standard InChI is InChI=1S/C13H15BrO/c1-9(15)6-10-7-11-4-2-3-5-12(11)13(14)8-10/h7-8H,2-6H2,1H3. The minimum Gasteiger partial charge on any atom is -0.300 e. The Bertz CT molecular complexity index is 396. The number of Topliss-reactive ketones (excluding diaryl/α,β-unsaturated/α-hetero) is 1. The van der Waals surface area contributed by atoms with Crippen LogP contribution in [0.25, 0.3) is 0 Å². The highest BCUT2D eigenvalue weighted by Crippen LogP contribution is 2.29. The second-order valence-corrected chi connectivity index (χ2v) is 5.16. The molecule has 0 saturated heterocycles. The molecule has 1 nitrogen and oxygen atoms in total. The fourth-order valence-electron chi connectivity index (χ4n) is 2.27. The van der Waals surface area contributed by atoms with Crippen molar-refractivity contribution in [3.63, 3.8) is 0 Å². The summed E-state index contributed by atoms with van der Waals surface area (Å²) in [5, 5.41) is 0. The molecule has 1 aliphatic carbocycles. The second-order valence-electron chi connectivity index (χ2n) is 4.30. The molecule has 80 valence electrons. The van der Waals surface area contributed by atoms with Gasteiger partial charge in [0.15, 0.2) is 0 Å². The lowest BCUT2D eigenvalue weighted by molar-refractivity contribution is -0.116. The quantitative estimate of drug-likeness (QED) is 0.802. The molecular weight excluding hydrogens is 252 g/mol. The van der Waals surface area contributed by atoms with E-state index in [0.29, 0.717) is 6.42 Å². The Kier molecular flexibility index (Phi) is 3.25. The van der Waals surface area contributed by atoms with E-state index in [2.05, 4.69) is 28.1 Å². The van der Waals surface area contributed by atoms with Gasteiger partial charge in [-0.05, 0) is 55.4 Å². The Hall–Kier alpha value is -0.630. The summed E-state index contributed by atoms with van der Waals surface area (Å²) in [6, 6.07) is 4.31. The Labute approximate surface area is 99.0 Å². The van der Waals surface area contributed by atoms with E-state index in [1.807, 2.05) is 0 Å². The number of hydrogen-bond acceptors (Lipinski definition) is 1. The molecule has 0 aliphatic heterocycles. The zero-order valence-electron chi connectivity index (χ0n) is 8.98. The van der Waals surface area contributed by atoms with Crippen LogP contribution in [0.4, 0.5) is 0 Å². The van der Waals surface area contributed by atoms with Gasteiger partial charge in [-0.15, -0.1) is 0 Å². The van der Waals surface area contributed by atoms with Gasteiger partial charge in [0, 0.05) is 10.9 Å². The first-order valence-electron chi connectivity index (χ1n) is 5.46. The van der Waals surface area contributed by atoms with Gasteiger partial charge in [0.2, 0.25) is 0 Å². The predicted molar refractivity (Wildman–Crippen MR) is 65.2 cm³/mol. The van der Waals surface area contributed by atoms with Gasteiger partial charge in [-0.2, -0.15) is 0 Å². The molecule has 0 amide bonds. The maximum atomic E-state index is 11.1. The summed E-state index contributed by atoms with van der Waals surface area (Å²) in [4.78, 5) is 11.1. The predicted octanol–water partition coefficient (Wildman–Crippen LogP) is 3.46. The van der Waals surface area contributed by atoms with Crippen molar-refractivity contribution < 1.29 is 4.79 Å². The summed E-state index contributed by atoms with van der Waals surface area (Å²) in [6.07, 6.45) is 5.47. The van der Waals surface area contributed by atoms with Crippen LogP contribution < -0.4 is 0 Å². The van der Waals surface area contributed by atoms with Gasteiger partial charge < -0.3 is 0 Å². The summed E-state index contributed by atoms with van der Waals surface area (Å²) in [5.74, 6) is 0.234. The third-order valence-corrected chi connectivity index (χ3v) is 3.63. The maximum absolute atomic E-state index is 11.1. The van der Waals surface area contributed by atoms with Gasteiger partial charge in [-0.1, -0.05) is 22.0 Å². The lowest BCUT2D eigenvalue weighted by atomic mass is 9.89. The SMILES string of the molecule is CC(=O)Cc1cc(Br)c2c(c1)CCCC2. The number of aryl methyl sites for hydroxylation is 1. The summed E-state index contributed by atoms with van der Waals surface area (Å²) < 4.78 is 1.19. The van der Waals surface area contributed by atoms with Crippen LogP contribution in [-0.2, 0) is 24.1 Å². The number of hydrogen-bond donors (Lipinski definition) is 0. The van der Waals surface area contributed by atoms with Crippen LogP contribution in [0.15, 0.2) is 16.6 Å². The van der Waals surface area contributed by atoms with Crippen LogP contribution in [0.5, 0.6) is 0 Å². The first-order chi connectivity index (χ1) is 7.16. The van der Waals surface area contributed by atoms with E-state index < -0.39 is 0 Å². The summed E-state index contributed by atoms with van der Waals surface area (Å²) in [5.41, 5.74) is 4.04. The lowest BCUT2D eigenvalue weighted by Gasteiger charge is -2.18. The van der Waals surface area contributed by atoms with Crippen LogP contribution >= 0.6 is 15.9 Å². The van der Waals surface area contributed by atoms with Crippen molar-refractivity contribution in [2.75, 3.05) is 0 Å². The van der Waals surface area contributed by atoms with E-state index in [9.17, 15) is 4.79 Å². The third kappa shape index (κ3) is 2.49. The van der Waals surface area contributed by atoms with E-state index in [0.717, 1.165) is 5.56 Å². The van der Waals surface area contributed by atoms with Crippen LogP contribution in [0.3, 0.4) is 0 Å². The van der Waals surface area contributed by atoms with Gasteiger partial charge in [-0.3, -0.25) is 4.79 Å². The lowest BCUT2D eigenvalue weighted by Crippen LogP contribution is -2.06. The largest absolute Gasteiger partial charge is 0.300 e. The van der Waals surface area contributed by atoms with Gasteiger partial charge in [0.1, 0.15) is 5.78 Å². The zero-order chi connectivity index (χ0) is 10.8. The molecule has 0 radical (unpaired) electrons. The number of halogens is 1. The highest BCUT2D eigenvalue weighted by atomic mass is 79.9. The average molecular weight is 267 g/mol. The molecule has 15 heavy (non-hydrogen) atoms. The molecule has 0 spiro atoms. The topological polar surface area (TPSA) is 17.1 Å². The first-order valence-corrected chi connectivity index (χ1v) is 6.26. The molecule has 2 rings (SSSR count). The molecule has 0 saturated carbocycles. The molecular formula is C13H15BrO. The van der Waals surface area contributed by atoms with E-state index >= 15 is 0 Å². The van der Waals surface area contributed by atoms with Crippen molar-refractivity contribution in [3.05, 3.63) is 33.3 Å². The minimum absolute atomic E-state index is 0.234. The van der Waals surface area contributed by atoms with Crippen molar-refractivity contribution in [1.29, 1.82) is 0 Å². The minimum atomic E-state index is 0.234. The van der Waals surface area contributed by atoms with E-state index in [1.165, 1.54) is 41.3 Å². The third-order valence-electron chi connectivity index (χ3n) is 2.92. The molecule has 0 fully saturated rings. The molecule has 1 aliphatic rings. The maximum Gasteiger partial charge on any atom is 0.134 e. The van der Waals surface area contributed by atoms with E-state index in [-0.39, 0.29) is 5.78 Å². The fourth-order valence-corrected chi connectivity index (χ4v) is 3.01. The Morgan fingerprint density at radius 1 is 1.33 bits per heavy atom. The first kappa shape index (κ1) is 10.9.